The van der Waals surface area contributed by atoms with E-state index < -0.39 is 0 Å². The van der Waals surface area contributed by atoms with E-state index in [0.29, 0.717) is 24.4 Å². The first-order valence-electron chi connectivity index (χ1n) is 16.0. The lowest BCUT2D eigenvalue weighted by Gasteiger charge is -2.51. The highest BCUT2D eigenvalue weighted by Gasteiger charge is 2.49. The molecule has 0 amide bonds. The number of carbonyl (C=O) groups excluding carboxylic acids is 2. The van der Waals surface area contributed by atoms with Gasteiger partial charge in [-0.1, -0.05) is 72.1 Å². The zero-order chi connectivity index (χ0) is 42.3. The number of hydrogen-bond acceptors (Lipinski definition) is 3. The van der Waals surface area contributed by atoms with Gasteiger partial charge in [0.2, 0.25) is 0 Å². The molecule has 0 N–H and O–H groups in total. The predicted molar refractivity (Wildman–Crippen MR) is 343 cm³/mol. The van der Waals surface area contributed by atoms with Crippen LogP contribution in [0.15, 0.2) is 23.8 Å². The molecule has 0 aliphatic carbocycles. The molecule has 0 aromatic rings. The molecule has 0 saturated carbocycles. The Balaban J connectivity index is -0.000000840. The highest BCUT2D eigenvalue weighted by Crippen LogP contribution is 3.37. The van der Waals surface area contributed by atoms with Crippen molar-refractivity contribution in [1.29, 1.82) is 0 Å². The average Bonchev–Trinajstić information content (AvgIpc) is 3.04. The lowest BCUT2D eigenvalue weighted by atomic mass is 9.93. The molecule has 0 aromatic carbocycles. The van der Waals surface area contributed by atoms with Gasteiger partial charge in [-0.2, -0.15) is 0 Å². The van der Waals surface area contributed by atoms with E-state index >= 15 is 0 Å². The highest BCUT2D eigenvalue weighted by atomic mass is 33.5. The minimum atomic E-state index is -0.242. The minimum Gasteiger partial charge on any atom is -0.463 e. The molecular weight excluding hydrogens is 1180 g/mol. The van der Waals surface area contributed by atoms with Crippen molar-refractivity contribution in [2.24, 2.45) is 23.7 Å². The molecule has 0 radical (unpaired) electrons. The standard InChI is InChI=1S/C15H26O2.C7H14O.H30P28/c1-6-13(4)14(5)10-8-9-12(3)11-15(16)17-7-2;1-4-6(2)7(3)5-8;1-16(2)23(15)27(24(17(3)4)18(5)6)28(25(19(7)8)20(9)10)26(21(11)12)22(13)14/h8,10-11,13-14H,6-7,9H2,1-5H3;5-7H,4H2,1-3H3;1-15H2/b10-8+,12-11+;;/t13-,14-;6-,7-;/m00./s1. The molecule has 17 unspecified atom stereocenters. The van der Waals surface area contributed by atoms with Crippen molar-refractivity contribution in [3.05, 3.63) is 23.8 Å². The van der Waals surface area contributed by atoms with E-state index in [2.05, 4.69) is 181 Å². The van der Waals surface area contributed by atoms with Crippen LogP contribution in [0.5, 0.6) is 0 Å². The van der Waals surface area contributed by atoms with E-state index in [4.69, 9.17) is 4.74 Å². The second kappa shape index (κ2) is 40.5. The first-order valence-corrected chi connectivity index (χ1v) is 66.1. The quantitative estimate of drug-likeness (QED) is 0.0357. The SMILES string of the molecule is CCOC(=O)/C=C(\C)C/C=C/[C@H](C)[C@@H](C)CC.CC[C@H](C)[C@@H](C)C=O.PP(P)P(P)P(P(P(P)P)P(P)P)P(P(P(P)P)P(P)P)P(P(P)P)P(P)P. The number of carbonyl (C=O) groups is 2. The van der Waals surface area contributed by atoms with Crippen molar-refractivity contribution >= 4 is 237 Å². The fraction of sp³-hybridized carbons (Fsp3) is 0.727. The van der Waals surface area contributed by atoms with Gasteiger partial charge in [-0.25, -0.2) is 4.79 Å². The van der Waals surface area contributed by atoms with E-state index in [1.165, 1.54) is 6.42 Å². The molecule has 316 valence electrons. The van der Waals surface area contributed by atoms with Crippen LogP contribution >= 0.6 is 225 Å². The van der Waals surface area contributed by atoms with Crippen molar-refractivity contribution in [3.8, 4) is 0 Å². The Bertz CT molecular complexity index is 973. The number of rotatable bonds is 22. The van der Waals surface area contributed by atoms with Crippen molar-refractivity contribution in [3.63, 3.8) is 0 Å². The molecule has 53 heavy (non-hydrogen) atoms. The van der Waals surface area contributed by atoms with Crippen LogP contribution in [0.3, 0.4) is 0 Å². The van der Waals surface area contributed by atoms with Gasteiger partial charge in [0.1, 0.15) is 6.29 Å². The summed E-state index contributed by atoms with van der Waals surface area (Å²) in [4.78, 5) is 21.3. The third-order valence-corrected chi connectivity index (χ3v) is 191. The van der Waals surface area contributed by atoms with Crippen LogP contribution in [-0.4, -0.2) is 18.9 Å². The Morgan fingerprint density at radius 2 is 0.925 bits per heavy atom. The van der Waals surface area contributed by atoms with Crippen molar-refractivity contribution in [2.75, 3.05) is 6.61 Å². The Morgan fingerprint density at radius 1 is 0.566 bits per heavy atom. The highest BCUT2D eigenvalue weighted by molar-refractivity contribution is 9.42. The smallest absolute Gasteiger partial charge is 0.330 e. The van der Waals surface area contributed by atoms with Crippen molar-refractivity contribution in [1.82, 2.24) is 0 Å². The zero-order valence-electron chi connectivity index (χ0n) is 32.1. The molecule has 31 heteroatoms. The molecule has 0 rings (SSSR count). The van der Waals surface area contributed by atoms with Crippen LogP contribution in [0.4, 0.5) is 0 Å². The van der Waals surface area contributed by atoms with Gasteiger partial charge in [-0.15, -0.1) is 134 Å². The first-order chi connectivity index (χ1) is 24.4. The van der Waals surface area contributed by atoms with Gasteiger partial charge in [0.15, 0.2) is 0 Å². The summed E-state index contributed by atoms with van der Waals surface area (Å²) in [6.45, 7) is 17.1. The summed E-state index contributed by atoms with van der Waals surface area (Å²) in [7, 11) is 49.0. The van der Waals surface area contributed by atoms with Gasteiger partial charge in [-0.3, -0.25) is 0 Å². The number of hydrogen-bond donors (Lipinski definition) is 0. The third kappa shape index (κ3) is 31.4. The summed E-state index contributed by atoms with van der Waals surface area (Å²) in [6, 6.07) is 0. The van der Waals surface area contributed by atoms with Gasteiger partial charge < -0.3 is 9.53 Å². The predicted octanol–water partition coefficient (Wildman–Crippen LogP) is 22.1. The molecular formula is C22H70O3P28. The maximum absolute atomic E-state index is 11.2. The summed E-state index contributed by atoms with van der Waals surface area (Å²) >= 11 is 0. The fourth-order valence-corrected chi connectivity index (χ4v) is 355. The third-order valence-electron chi connectivity index (χ3n) is 7.13. The monoisotopic (exact) mass is 1250 g/mol. The van der Waals surface area contributed by atoms with E-state index in [-0.39, 0.29) is 103 Å². The van der Waals surface area contributed by atoms with Gasteiger partial charge >= 0.3 is 5.97 Å². The zero-order valence-corrected chi connectivity index (χ0v) is 61.1. The van der Waals surface area contributed by atoms with Crippen molar-refractivity contribution in [2.45, 2.75) is 74.7 Å². The molecule has 0 aliphatic rings. The number of allylic oxidation sites excluding steroid dienone is 3. The maximum atomic E-state index is 11.2. The van der Waals surface area contributed by atoms with Gasteiger partial charge in [0, 0.05) is 12.0 Å². The first kappa shape index (κ1) is 67.9. The van der Waals surface area contributed by atoms with Crippen LogP contribution in [0.1, 0.15) is 74.7 Å². The lowest BCUT2D eigenvalue weighted by molar-refractivity contribution is -0.137. The number of esters is 1. The minimum absolute atomic E-state index is 0.00189. The molecule has 21 atom stereocenters. The maximum Gasteiger partial charge on any atom is 0.330 e. The molecule has 0 heterocycles. The second-order valence-electron chi connectivity index (χ2n) is 11.3. The second-order valence-corrected chi connectivity index (χ2v) is 124. The van der Waals surface area contributed by atoms with Crippen LogP contribution in [0, 0.1) is 23.7 Å². The summed E-state index contributed by atoms with van der Waals surface area (Å²) in [5, 5.41) is 0. The Labute approximate surface area is 376 Å². The molecule has 0 aromatic heterocycles. The van der Waals surface area contributed by atoms with Crippen LogP contribution in [0.2, 0.25) is 0 Å². The molecule has 0 fully saturated rings. The van der Waals surface area contributed by atoms with Gasteiger partial charge in [0.25, 0.3) is 0 Å². The number of aldehydes is 1. The summed E-state index contributed by atoms with van der Waals surface area (Å²) < 4.78 is 4.86. The average molecular weight is 1250 g/mol. The largest absolute Gasteiger partial charge is 0.463 e. The van der Waals surface area contributed by atoms with E-state index in [1.807, 2.05) is 20.8 Å². The molecule has 3 nitrogen and oxygen atoms in total. The molecule has 0 aliphatic heterocycles. The van der Waals surface area contributed by atoms with Crippen LogP contribution in [0.25, 0.3) is 0 Å². The van der Waals surface area contributed by atoms with E-state index in [9.17, 15) is 9.59 Å². The summed E-state index contributed by atoms with van der Waals surface area (Å²) in [6.07, 6.45) is 10.1. The molecule has 0 spiro atoms. The van der Waals surface area contributed by atoms with E-state index in [1.54, 1.807) is 6.08 Å². The summed E-state index contributed by atoms with van der Waals surface area (Å²) in [5.74, 6) is 1.84. The summed E-state index contributed by atoms with van der Waals surface area (Å²) in [5.41, 5.74) is 1.04. The fourth-order valence-electron chi connectivity index (χ4n) is 3.43. The van der Waals surface area contributed by atoms with Crippen LogP contribution in [-0.2, 0) is 14.3 Å². The number of ether oxygens (including phenoxy) is 1. The molecule has 0 bridgehead atoms. The van der Waals surface area contributed by atoms with Crippen molar-refractivity contribution < 1.29 is 14.3 Å². The lowest BCUT2D eigenvalue weighted by Crippen LogP contribution is -2.06. The van der Waals surface area contributed by atoms with Crippen LogP contribution < -0.4 is 0 Å². The normalized spacial score (nSPS) is 16.2. The molecule has 0 saturated heterocycles. The van der Waals surface area contributed by atoms with Gasteiger partial charge in [-0.05, 0) is 129 Å². The Morgan fingerprint density at radius 3 is 1.21 bits per heavy atom. The van der Waals surface area contributed by atoms with Gasteiger partial charge in [0.05, 0.1) is 6.61 Å². The Hall–Kier alpha value is 10.7. The Kier molecular flexibility index (Phi) is 52.0. The topological polar surface area (TPSA) is 43.4 Å². The van der Waals surface area contributed by atoms with E-state index in [0.717, 1.165) is 24.7 Å².